The van der Waals surface area contributed by atoms with Gasteiger partial charge in [-0.05, 0) is 30.9 Å². The summed E-state index contributed by atoms with van der Waals surface area (Å²) in [5.74, 6) is -31.1. The normalized spacial score (nSPS) is 12.0. The van der Waals surface area contributed by atoms with Crippen LogP contribution < -0.4 is 0 Å². The predicted molar refractivity (Wildman–Crippen MR) is 264 cm³/mol. The lowest BCUT2D eigenvalue weighted by Gasteiger charge is -2.24. The molecule has 0 aliphatic heterocycles. The summed E-state index contributed by atoms with van der Waals surface area (Å²) in [6.45, 7) is 11.9. The van der Waals surface area contributed by atoms with Crippen molar-refractivity contribution in [1.29, 1.82) is 0 Å². The molecule has 0 fully saturated rings. The lowest BCUT2D eigenvalue weighted by Crippen LogP contribution is -2.44. The van der Waals surface area contributed by atoms with E-state index in [-0.39, 0.29) is 107 Å². The van der Waals surface area contributed by atoms with Gasteiger partial charge in [0, 0.05) is 55.5 Å². The first-order chi connectivity index (χ1) is 34.5. The summed E-state index contributed by atoms with van der Waals surface area (Å²) in [6, 6.07) is 0. The Labute approximate surface area is 442 Å². The molecule has 0 heterocycles. The van der Waals surface area contributed by atoms with Gasteiger partial charge in [-0.15, -0.1) is 0 Å². The third-order valence-electron chi connectivity index (χ3n) is 8.75. The molecule has 1 atom stereocenters. The molecular formula is C47H80F12O12S3. The van der Waals surface area contributed by atoms with E-state index in [1.54, 1.807) is 0 Å². The number of thioether (sulfide) groups is 3. The van der Waals surface area contributed by atoms with Crippen LogP contribution in [0, 0.1) is 5.92 Å². The highest BCUT2D eigenvalue weighted by molar-refractivity contribution is 7.99. The second kappa shape index (κ2) is 45.1. The molecule has 0 spiro atoms. The molecule has 74 heavy (non-hydrogen) atoms. The minimum absolute atomic E-state index is 0.0139. The number of ether oxygens (including phenoxy) is 6. The molecule has 0 aliphatic rings. The Bertz CT molecular complexity index is 1490. The number of halogens is 12. The van der Waals surface area contributed by atoms with Gasteiger partial charge < -0.3 is 28.4 Å². The third kappa shape index (κ3) is 41.2. The summed E-state index contributed by atoms with van der Waals surface area (Å²) < 4.78 is 187. The highest BCUT2D eigenvalue weighted by atomic mass is 32.2. The van der Waals surface area contributed by atoms with E-state index in [1.165, 1.54) is 11.8 Å². The number of esters is 6. The summed E-state index contributed by atoms with van der Waals surface area (Å²) >= 11 is 3.36. The van der Waals surface area contributed by atoms with Crippen LogP contribution in [-0.4, -0.2) is 146 Å². The summed E-state index contributed by atoms with van der Waals surface area (Å²) in [4.78, 5) is 71.9. The third-order valence-corrected chi connectivity index (χ3v) is 11.8. The first-order valence-electron chi connectivity index (χ1n) is 24.4. The van der Waals surface area contributed by atoms with Crippen molar-refractivity contribution in [2.24, 2.45) is 5.92 Å². The summed E-state index contributed by atoms with van der Waals surface area (Å²) in [7, 11) is 0. The largest absolute Gasteiger partial charge is 0.466 e. The molecule has 0 aliphatic carbocycles. The number of rotatable bonds is 38. The molecule has 442 valence electrons. The standard InChI is InChI=1S/C39H56F12O12S3.4C2H6/c1-4-36(44,45)39(50,51)26-63-33(57)13-23-65-20-10-29(53)59-16-8-27(24-61-31(55)11-21-66-22-12-32(56)62-25-38(48,49)35(3,42)43)7-15-58-28(52)6-5-18-64-19-9-30(54)60-17-14-37(46,47)34(2,40)41;4*1-2/h27H,4-26H2,1-3H3;4*1-2H3. The first kappa shape index (κ1) is 79.9. The monoisotopic (exact) mass is 1160 g/mol. The molecule has 0 aromatic heterocycles. The fourth-order valence-electron chi connectivity index (χ4n) is 4.38. The topological polar surface area (TPSA) is 158 Å². The number of alkyl halides is 12. The van der Waals surface area contributed by atoms with Crippen molar-refractivity contribution in [3.05, 3.63) is 0 Å². The van der Waals surface area contributed by atoms with E-state index >= 15 is 0 Å². The molecule has 0 bridgehead atoms. The molecule has 0 radical (unpaired) electrons. The Morgan fingerprint density at radius 2 is 0.703 bits per heavy atom. The molecular weight excluding hydrogens is 1080 g/mol. The smallest absolute Gasteiger partial charge is 0.343 e. The van der Waals surface area contributed by atoms with Gasteiger partial charge in [0.25, 0.3) is 0 Å². The zero-order chi connectivity index (χ0) is 58.7. The second-order valence-corrected chi connectivity index (χ2v) is 18.2. The number of hydrogen-bond donors (Lipinski definition) is 0. The lowest BCUT2D eigenvalue weighted by molar-refractivity contribution is -0.232. The van der Waals surface area contributed by atoms with Gasteiger partial charge in [0.05, 0.1) is 65.0 Å². The minimum atomic E-state index is -4.55. The van der Waals surface area contributed by atoms with Crippen LogP contribution in [0.4, 0.5) is 52.7 Å². The molecule has 0 saturated carbocycles. The van der Waals surface area contributed by atoms with Gasteiger partial charge >= 0.3 is 71.4 Å². The van der Waals surface area contributed by atoms with Gasteiger partial charge in [-0.1, -0.05) is 62.3 Å². The lowest BCUT2D eigenvalue weighted by atomic mass is 10.0. The fourth-order valence-corrected chi connectivity index (χ4v) is 6.90. The summed E-state index contributed by atoms with van der Waals surface area (Å²) in [5, 5.41) is 0. The van der Waals surface area contributed by atoms with Crippen molar-refractivity contribution in [1.82, 2.24) is 0 Å². The Balaban J connectivity index is -0.00000188. The van der Waals surface area contributed by atoms with Crippen LogP contribution in [0.15, 0.2) is 0 Å². The highest BCUT2D eigenvalue weighted by Gasteiger charge is 2.56. The molecule has 27 heteroatoms. The zero-order valence-corrected chi connectivity index (χ0v) is 46.9. The van der Waals surface area contributed by atoms with Gasteiger partial charge in [-0.25, -0.2) is 17.6 Å². The Morgan fingerprint density at radius 3 is 1.07 bits per heavy atom. The van der Waals surface area contributed by atoms with E-state index in [2.05, 4.69) is 14.2 Å². The second-order valence-electron chi connectivity index (χ2n) is 14.5. The average Bonchev–Trinajstić information content (AvgIpc) is 3.34. The quantitative estimate of drug-likeness (QED) is 0.0249. The van der Waals surface area contributed by atoms with E-state index < -0.39 is 116 Å². The molecule has 0 N–H and O–H groups in total. The summed E-state index contributed by atoms with van der Waals surface area (Å²) in [5.41, 5.74) is 0. The van der Waals surface area contributed by atoms with Crippen LogP contribution in [0.2, 0.25) is 0 Å². The van der Waals surface area contributed by atoms with Crippen LogP contribution in [0.25, 0.3) is 0 Å². The number of hydrogen-bond acceptors (Lipinski definition) is 15. The van der Waals surface area contributed by atoms with Crippen molar-refractivity contribution in [3.63, 3.8) is 0 Å². The molecule has 1 unspecified atom stereocenters. The van der Waals surface area contributed by atoms with Gasteiger partial charge in [0.2, 0.25) is 0 Å². The van der Waals surface area contributed by atoms with Crippen LogP contribution in [0.1, 0.15) is 147 Å². The predicted octanol–water partition coefficient (Wildman–Crippen LogP) is 13.3. The van der Waals surface area contributed by atoms with Crippen molar-refractivity contribution >= 4 is 71.1 Å². The van der Waals surface area contributed by atoms with Crippen LogP contribution >= 0.6 is 35.3 Å². The molecule has 0 amide bonds. The summed E-state index contributed by atoms with van der Waals surface area (Å²) in [6.07, 6.45) is -3.20. The maximum atomic E-state index is 13.5. The van der Waals surface area contributed by atoms with Crippen molar-refractivity contribution in [2.75, 3.05) is 74.2 Å². The van der Waals surface area contributed by atoms with Crippen LogP contribution in [0.5, 0.6) is 0 Å². The van der Waals surface area contributed by atoms with E-state index in [0.29, 0.717) is 12.2 Å². The molecule has 0 saturated heterocycles. The van der Waals surface area contributed by atoms with Crippen molar-refractivity contribution in [3.8, 4) is 0 Å². The molecule has 12 nitrogen and oxygen atoms in total. The number of carbonyl (C=O) groups excluding carboxylic acids is 6. The van der Waals surface area contributed by atoms with E-state index in [0.717, 1.165) is 30.4 Å². The van der Waals surface area contributed by atoms with Crippen LogP contribution in [0.3, 0.4) is 0 Å². The molecule has 0 rings (SSSR count). The Morgan fingerprint density at radius 1 is 0.392 bits per heavy atom. The highest BCUT2D eigenvalue weighted by Crippen LogP contribution is 2.38. The van der Waals surface area contributed by atoms with Crippen molar-refractivity contribution in [2.45, 2.75) is 182 Å². The Kier molecular flexibility index (Phi) is 48.7. The van der Waals surface area contributed by atoms with Gasteiger partial charge in [-0.3, -0.25) is 28.8 Å². The molecule has 0 aromatic rings. The first-order valence-corrected chi connectivity index (χ1v) is 27.9. The van der Waals surface area contributed by atoms with Gasteiger partial charge in [0.1, 0.15) is 0 Å². The van der Waals surface area contributed by atoms with E-state index in [4.69, 9.17) is 14.2 Å². The maximum Gasteiger partial charge on any atom is 0.343 e. The zero-order valence-electron chi connectivity index (χ0n) is 44.5. The SMILES string of the molecule is CC.CC.CC.CC.CCC(F)(F)C(F)(F)COC(=O)CCSCCC(=O)OCCC(CCOC(=O)CCCSCCC(=O)OCCC(F)(F)C(C)(F)F)COC(=O)CCSCCC(=O)OCC(F)(F)C(C)(F)F. The number of carbonyl (C=O) groups is 6. The average molecular weight is 1160 g/mol. The van der Waals surface area contributed by atoms with E-state index in [9.17, 15) is 81.5 Å². The van der Waals surface area contributed by atoms with Gasteiger partial charge in [-0.2, -0.15) is 70.4 Å². The maximum absolute atomic E-state index is 13.5. The minimum Gasteiger partial charge on any atom is -0.466 e. The van der Waals surface area contributed by atoms with E-state index in [1.807, 2.05) is 55.4 Å². The molecule has 0 aromatic carbocycles. The van der Waals surface area contributed by atoms with Gasteiger partial charge in [0.15, 0.2) is 13.2 Å². The Hall–Kier alpha value is -2.97. The fraction of sp³-hybridized carbons (Fsp3) is 0.872. The van der Waals surface area contributed by atoms with Crippen molar-refractivity contribution < 1.29 is 110 Å². The van der Waals surface area contributed by atoms with Crippen LogP contribution in [-0.2, 0) is 57.2 Å².